The Morgan fingerprint density at radius 2 is 1.67 bits per heavy atom. The highest BCUT2D eigenvalue weighted by Gasteiger charge is 2.44. The number of carbonyl (C=O) groups is 5. The van der Waals surface area contributed by atoms with Gasteiger partial charge in [-0.3, -0.25) is 19.2 Å². The van der Waals surface area contributed by atoms with Crippen LogP contribution in [0.3, 0.4) is 0 Å². The van der Waals surface area contributed by atoms with E-state index in [1.165, 1.54) is 6.92 Å². The van der Waals surface area contributed by atoms with Gasteiger partial charge in [-0.1, -0.05) is 90.5 Å². The van der Waals surface area contributed by atoms with E-state index in [-0.39, 0.29) is 44.2 Å². The number of ether oxygens (including phenoxy) is 4. The first-order valence-electron chi connectivity index (χ1n) is 17.0. The van der Waals surface area contributed by atoms with Gasteiger partial charge in [0.05, 0.1) is 31.8 Å². The molecule has 0 aromatic heterocycles. The first-order chi connectivity index (χ1) is 24.6. The zero-order valence-electron chi connectivity index (χ0n) is 29.2. The van der Waals surface area contributed by atoms with Crippen LogP contribution >= 0.6 is 0 Å². The van der Waals surface area contributed by atoms with Crippen molar-refractivity contribution in [2.45, 2.75) is 64.9 Å². The van der Waals surface area contributed by atoms with E-state index in [1.54, 1.807) is 18.2 Å². The van der Waals surface area contributed by atoms with Crippen LogP contribution in [0.5, 0.6) is 0 Å². The van der Waals surface area contributed by atoms with E-state index in [1.807, 2.05) is 73.7 Å². The van der Waals surface area contributed by atoms with Crippen molar-refractivity contribution >= 4 is 35.1 Å². The van der Waals surface area contributed by atoms with Crippen LogP contribution in [0.4, 0.5) is 4.79 Å². The van der Waals surface area contributed by atoms with Crippen LogP contribution in [-0.4, -0.2) is 84.2 Å². The van der Waals surface area contributed by atoms with Gasteiger partial charge in [0.15, 0.2) is 17.7 Å². The lowest BCUT2D eigenvalue weighted by molar-refractivity contribution is -0.158. The van der Waals surface area contributed by atoms with E-state index in [0.717, 1.165) is 34.6 Å². The first-order valence-corrected chi connectivity index (χ1v) is 17.0. The molecule has 3 aromatic carbocycles. The van der Waals surface area contributed by atoms with Gasteiger partial charge in [0.1, 0.15) is 12.7 Å². The minimum atomic E-state index is -1.61. The van der Waals surface area contributed by atoms with Crippen LogP contribution in [0, 0.1) is 12.8 Å². The van der Waals surface area contributed by atoms with Crippen molar-refractivity contribution in [1.82, 2.24) is 4.90 Å². The summed E-state index contributed by atoms with van der Waals surface area (Å²) in [6, 6.07) is 25.3. The fourth-order valence-corrected chi connectivity index (χ4v) is 5.69. The van der Waals surface area contributed by atoms with E-state index >= 15 is 0 Å². The van der Waals surface area contributed by atoms with Gasteiger partial charge in [0.2, 0.25) is 5.91 Å². The molecule has 4 atom stereocenters. The number of imide groups is 1. The highest BCUT2D eigenvalue weighted by Crippen LogP contribution is 2.25. The number of allylic oxidation sites excluding steroid dienone is 1. The number of aliphatic hydroxyl groups is 1. The fourth-order valence-electron chi connectivity index (χ4n) is 5.69. The molecule has 1 fully saturated rings. The molecular weight excluding hydrogens is 654 g/mol. The van der Waals surface area contributed by atoms with Gasteiger partial charge >= 0.3 is 12.1 Å². The maximum atomic E-state index is 13.9. The Kier molecular flexibility index (Phi) is 14.8. The van der Waals surface area contributed by atoms with Gasteiger partial charge in [0, 0.05) is 25.5 Å². The lowest BCUT2D eigenvalue weighted by Gasteiger charge is -2.26. The van der Waals surface area contributed by atoms with Crippen LogP contribution in [0.2, 0.25) is 0 Å². The standard InChI is InChI=1S/C40H45NO10/c1-27-12-10-17-32(20-27)35(36(44)18-11-19-48-26-34(23-42)49-24-31-15-8-5-9-16-31)22-37(45)38(51-29(3)43)28(2)39(46)41-33(25-50-40(41)47)21-30-13-6-4-7-14-30/h4-10,12-17,20,22,28,33-34,38,42H,11,18-19,21,23-26H2,1-3H3/b35-22-/t28-,33-,34+,38-/m0/s1. The quantitative estimate of drug-likeness (QED) is 0.103. The summed E-state index contributed by atoms with van der Waals surface area (Å²) >= 11 is 0. The summed E-state index contributed by atoms with van der Waals surface area (Å²) < 4.78 is 22.0. The second kappa shape index (κ2) is 19.4. The third-order valence-electron chi connectivity index (χ3n) is 8.37. The smallest absolute Gasteiger partial charge is 0.416 e. The summed E-state index contributed by atoms with van der Waals surface area (Å²) in [6.07, 6.45) is -1.21. The van der Waals surface area contributed by atoms with E-state index in [0.29, 0.717) is 25.0 Å². The van der Waals surface area contributed by atoms with Gasteiger partial charge in [-0.25, -0.2) is 9.69 Å². The molecule has 51 heavy (non-hydrogen) atoms. The lowest BCUT2D eigenvalue weighted by Crippen LogP contribution is -2.48. The summed E-state index contributed by atoms with van der Waals surface area (Å²) in [5, 5.41) is 9.70. The lowest BCUT2D eigenvalue weighted by atomic mass is 9.92. The third-order valence-corrected chi connectivity index (χ3v) is 8.37. The summed E-state index contributed by atoms with van der Waals surface area (Å²) in [6.45, 7) is 4.77. The normalized spacial score (nSPS) is 16.2. The molecule has 11 nitrogen and oxygen atoms in total. The van der Waals surface area contributed by atoms with Gasteiger partial charge in [0.25, 0.3) is 0 Å². The molecule has 270 valence electrons. The van der Waals surface area contributed by atoms with Crippen molar-refractivity contribution in [3.8, 4) is 0 Å². The molecule has 0 saturated carbocycles. The average molecular weight is 700 g/mol. The monoisotopic (exact) mass is 699 g/mol. The number of ketones is 2. The molecule has 0 radical (unpaired) electrons. The Morgan fingerprint density at radius 3 is 2.31 bits per heavy atom. The van der Waals surface area contributed by atoms with Crippen molar-refractivity contribution < 1.29 is 48.0 Å². The van der Waals surface area contributed by atoms with Crippen LogP contribution < -0.4 is 0 Å². The third kappa shape index (κ3) is 11.5. The molecule has 2 amide bonds. The number of esters is 1. The zero-order chi connectivity index (χ0) is 36.8. The predicted octanol–water partition coefficient (Wildman–Crippen LogP) is 5.05. The molecule has 1 aliphatic heterocycles. The van der Waals surface area contributed by atoms with Crippen molar-refractivity contribution in [3.63, 3.8) is 0 Å². The number of carbonyl (C=O) groups excluding carboxylic acids is 5. The average Bonchev–Trinajstić information content (AvgIpc) is 3.49. The number of Topliss-reactive ketones (excluding diaryl/α,β-unsaturated/α-hetero) is 1. The highest BCUT2D eigenvalue weighted by atomic mass is 16.6. The van der Waals surface area contributed by atoms with Crippen LogP contribution in [0.1, 0.15) is 48.9 Å². The molecule has 0 unspecified atom stereocenters. The summed E-state index contributed by atoms with van der Waals surface area (Å²) in [5.74, 6) is -3.95. The fraction of sp³-hybridized carbons (Fsp3) is 0.375. The van der Waals surface area contributed by atoms with Crippen molar-refractivity contribution in [3.05, 3.63) is 113 Å². The number of benzene rings is 3. The molecule has 1 heterocycles. The summed E-state index contributed by atoms with van der Waals surface area (Å²) in [5.41, 5.74) is 3.27. The van der Waals surface area contributed by atoms with Crippen molar-refractivity contribution in [2.75, 3.05) is 26.4 Å². The number of rotatable bonds is 19. The molecule has 4 rings (SSSR count). The van der Waals surface area contributed by atoms with E-state index in [4.69, 9.17) is 18.9 Å². The minimum absolute atomic E-state index is 0.0185. The number of aryl methyl sites for hydroxylation is 1. The van der Waals surface area contributed by atoms with Crippen molar-refractivity contribution in [1.29, 1.82) is 0 Å². The van der Waals surface area contributed by atoms with Crippen LogP contribution in [0.15, 0.2) is 91.0 Å². The SMILES string of the molecule is CC(=O)O[C@H](C(=O)/C=C(\C(=O)CCCOC[C@@H](CO)OCc1ccccc1)c1cccc(C)c1)[C@H](C)C(=O)N1C(=O)OC[C@@H]1Cc1ccccc1. The Hall–Kier alpha value is -4.97. The Morgan fingerprint density at radius 1 is 0.980 bits per heavy atom. The van der Waals surface area contributed by atoms with Crippen LogP contribution in [0.25, 0.3) is 5.57 Å². The topological polar surface area (TPSA) is 146 Å². The highest BCUT2D eigenvalue weighted by molar-refractivity contribution is 6.25. The molecule has 1 saturated heterocycles. The van der Waals surface area contributed by atoms with Gasteiger partial charge in [-0.15, -0.1) is 0 Å². The Balaban J connectivity index is 1.45. The Labute approximate surface area is 298 Å². The maximum absolute atomic E-state index is 13.9. The summed E-state index contributed by atoms with van der Waals surface area (Å²) in [4.78, 5) is 67.1. The number of amides is 2. The van der Waals surface area contributed by atoms with E-state index in [2.05, 4.69) is 0 Å². The van der Waals surface area contributed by atoms with Gasteiger partial charge < -0.3 is 24.1 Å². The molecule has 3 aromatic rings. The van der Waals surface area contributed by atoms with Crippen LogP contribution in [-0.2, 0) is 51.2 Å². The van der Waals surface area contributed by atoms with Gasteiger partial charge in [-0.2, -0.15) is 0 Å². The molecular formula is C40H45NO10. The largest absolute Gasteiger partial charge is 0.453 e. The zero-order valence-corrected chi connectivity index (χ0v) is 29.2. The number of hydrogen-bond acceptors (Lipinski definition) is 10. The van der Waals surface area contributed by atoms with Gasteiger partial charge in [-0.05, 0) is 49.5 Å². The Bertz CT molecular complexity index is 1670. The minimum Gasteiger partial charge on any atom is -0.453 e. The van der Waals surface area contributed by atoms with E-state index in [9.17, 15) is 29.1 Å². The molecule has 1 N–H and O–H groups in total. The number of cyclic esters (lactones) is 1. The number of hydrogen-bond donors (Lipinski definition) is 1. The van der Waals surface area contributed by atoms with E-state index < -0.39 is 47.9 Å². The molecule has 1 aliphatic rings. The first kappa shape index (κ1) is 38.8. The maximum Gasteiger partial charge on any atom is 0.416 e. The summed E-state index contributed by atoms with van der Waals surface area (Å²) in [7, 11) is 0. The number of aliphatic hydroxyl groups excluding tert-OH is 1. The predicted molar refractivity (Wildman–Crippen MR) is 188 cm³/mol. The second-order valence-corrected chi connectivity index (χ2v) is 12.5. The molecule has 0 spiro atoms. The molecule has 0 bridgehead atoms. The second-order valence-electron chi connectivity index (χ2n) is 12.5. The van der Waals surface area contributed by atoms with Crippen molar-refractivity contribution in [2.24, 2.45) is 5.92 Å². The molecule has 11 heteroatoms. The number of nitrogens with zero attached hydrogens (tertiary/aromatic N) is 1. The molecule has 0 aliphatic carbocycles.